The summed E-state index contributed by atoms with van der Waals surface area (Å²) in [6, 6.07) is 1.09. The third-order valence-electron chi connectivity index (χ3n) is 2.79. The summed E-state index contributed by atoms with van der Waals surface area (Å²) in [6.45, 7) is 3.42. The normalized spacial score (nSPS) is 25.9. The Kier molecular flexibility index (Phi) is 3.05. The van der Waals surface area contributed by atoms with E-state index in [2.05, 4.69) is 15.8 Å². The van der Waals surface area contributed by atoms with Crippen molar-refractivity contribution in [1.29, 1.82) is 0 Å². The molecule has 0 aliphatic carbocycles. The molecule has 1 aromatic heterocycles. The van der Waals surface area contributed by atoms with Crippen LogP contribution < -0.4 is 10.6 Å². The summed E-state index contributed by atoms with van der Waals surface area (Å²) in [7, 11) is -3.04. The highest BCUT2D eigenvalue weighted by Crippen LogP contribution is 2.22. The number of hydrogen-bond acceptors (Lipinski definition) is 5. The van der Waals surface area contributed by atoms with Crippen LogP contribution in [0.3, 0.4) is 0 Å². The number of amides is 2. The number of rotatable bonds is 2. The monoisotopic (exact) mass is 273 g/mol. The molecule has 0 spiro atoms. The van der Waals surface area contributed by atoms with Gasteiger partial charge in [0.25, 0.3) is 0 Å². The van der Waals surface area contributed by atoms with E-state index in [4.69, 9.17) is 4.52 Å². The van der Waals surface area contributed by atoms with Gasteiger partial charge in [-0.25, -0.2) is 13.2 Å². The lowest BCUT2D eigenvalue weighted by atomic mass is 10.0. The number of aromatic nitrogens is 1. The van der Waals surface area contributed by atoms with Crippen LogP contribution in [0.4, 0.5) is 10.6 Å². The Labute approximate surface area is 105 Å². The van der Waals surface area contributed by atoms with E-state index in [1.54, 1.807) is 19.9 Å². The van der Waals surface area contributed by atoms with Crippen LogP contribution in [0, 0.1) is 6.92 Å². The molecule has 1 atom stereocenters. The van der Waals surface area contributed by atoms with E-state index >= 15 is 0 Å². The smallest absolute Gasteiger partial charge is 0.320 e. The highest BCUT2D eigenvalue weighted by molar-refractivity contribution is 7.91. The summed E-state index contributed by atoms with van der Waals surface area (Å²) in [5.41, 5.74) is -0.721. The van der Waals surface area contributed by atoms with E-state index in [0.717, 1.165) is 0 Å². The molecule has 0 radical (unpaired) electrons. The fourth-order valence-electron chi connectivity index (χ4n) is 1.96. The van der Waals surface area contributed by atoms with Crippen LogP contribution in [0.25, 0.3) is 0 Å². The third-order valence-corrected chi connectivity index (χ3v) is 4.69. The lowest BCUT2D eigenvalue weighted by Gasteiger charge is -2.23. The van der Waals surface area contributed by atoms with Crippen LogP contribution in [-0.4, -0.2) is 36.7 Å². The van der Waals surface area contributed by atoms with Crippen LogP contribution in [0.15, 0.2) is 10.6 Å². The Morgan fingerprint density at radius 2 is 2.28 bits per heavy atom. The van der Waals surface area contributed by atoms with Crippen molar-refractivity contribution in [2.75, 3.05) is 16.8 Å². The zero-order chi connectivity index (χ0) is 13.4. The van der Waals surface area contributed by atoms with Crippen molar-refractivity contribution in [3.63, 3.8) is 0 Å². The van der Waals surface area contributed by atoms with Gasteiger partial charge in [-0.15, -0.1) is 0 Å². The van der Waals surface area contributed by atoms with Gasteiger partial charge < -0.3 is 9.84 Å². The van der Waals surface area contributed by atoms with Gasteiger partial charge in [0.15, 0.2) is 15.7 Å². The average Bonchev–Trinajstić information content (AvgIpc) is 2.70. The van der Waals surface area contributed by atoms with Gasteiger partial charge in [-0.05, 0) is 20.3 Å². The average molecular weight is 273 g/mol. The molecule has 0 aromatic carbocycles. The lowest BCUT2D eigenvalue weighted by Crippen LogP contribution is -2.48. The molecule has 0 saturated carbocycles. The van der Waals surface area contributed by atoms with Crippen LogP contribution in [0.2, 0.25) is 0 Å². The molecule has 2 amide bonds. The van der Waals surface area contributed by atoms with Crippen LogP contribution in [0.1, 0.15) is 19.1 Å². The second-order valence-electron chi connectivity index (χ2n) is 4.80. The number of carbonyl (C=O) groups is 1. The minimum Gasteiger partial charge on any atom is -0.360 e. The Hall–Kier alpha value is -1.57. The molecule has 1 aliphatic rings. The van der Waals surface area contributed by atoms with Crippen molar-refractivity contribution in [3.05, 3.63) is 11.8 Å². The number of aryl methyl sites for hydroxylation is 1. The summed E-state index contributed by atoms with van der Waals surface area (Å²) < 4.78 is 27.6. The minimum absolute atomic E-state index is 0.0364. The molecule has 8 heteroatoms. The number of hydrogen-bond donors (Lipinski definition) is 2. The number of nitrogens with zero attached hydrogens (tertiary/aromatic N) is 1. The molecular formula is C10H15N3O4S. The Morgan fingerprint density at radius 1 is 1.56 bits per heavy atom. The molecule has 18 heavy (non-hydrogen) atoms. The van der Waals surface area contributed by atoms with Crippen LogP contribution in [0.5, 0.6) is 0 Å². The predicted molar refractivity (Wildman–Crippen MR) is 65.1 cm³/mol. The van der Waals surface area contributed by atoms with E-state index in [9.17, 15) is 13.2 Å². The van der Waals surface area contributed by atoms with Gasteiger partial charge in [-0.2, -0.15) is 0 Å². The number of anilines is 1. The zero-order valence-electron chi connectivity index (χ0n) is 10.2. The first kappa shape index (κ1) is 12.9. The van der Waals surface area contributed by atoms with E-state index in [1.165, 1.54) is 0 Å². The first-order valence-corrected chi connectivity index (χ1v) is 7.33. The summed E-state index contributed by atoms with van der Waals surface area (Å²) in [5, 5.41) is 8.77. The molecule has 1 fully saturated rings. The number of sulfone groups is 1. The highest BCUT2D eigenvalue weighted by atomic mass is 32.2. The van der Waals surface area contributed by atoms with E-state index in [0.29, 0.717) is 18.0 Å². The zero-order valence-corrected chi connectivity index (χ0v) is 11.0. The summed E-state index contributed by atoms with van der Waals surface area (Å²) in [5.74, 6) is 0.951. The molecule has 2 rings (SSSR count). The molecule has 100 valence electrons. The predicted octanol–water partition coefficient (Wildman–Crippen LogP) is 0.682. The van der Waals surface area contributed by atoms with Crippen molar-refractivity contribution in [1.82, 2.24) is 10.5 Å². The Morgan fingerprint density at radius 3 is 2.78 bits per heavy atom. The first-order chi connectivity index (χ1) is 8.28. The molecular weight excluding hydrogens is 258 g/mol. The molecule has 1 aliphatic heterocycles. The Bertz CT molecular complexity index is 565. The van der Waals surface area contributed by atoms with Crippen molar-refractivity contribution in [2.24, 2.45) is 0 Å². The quantitative estimate of drug-likeness (QED) is 0.825. The minimum atomic E-state index is -3.04. The van der Waals surface area contributed by atoms with Crippen LogP contribution in [-0.2, 0) is 9.84 Å². The maximum atomic E-state index is 11.7. The molecule has 2 heterocycles. The number of carbonyl (C=O) groups excluding carboxylic acids is 1. The van der Waals surface area contributed by atoms with Crippen LogP contribution >= 0.6 is 0 Å². The number of urea groups is 1. The van der Waals surface area contributed by atoms with Gasteiger partial charge in [0.2, 0.25) is 0 Å². The van der Waals surface area contributed by atoms with Crippen molar-refractivity contribution in [2.45, 2.75) is 25.8 Å². The summed E-state index contributed by atoms with van der Waals surface area (Å²) in [6.07, 6.45) is 0.417. The molecule has 0 unspecified atom stereocenters. The van der Waals surface area contributed by atoms with Crippen molar-refractivity contribution >= 4 is 21.7 Å². The van der Waals surface area contributed by atoms with Crippen molar-refractivity contribution in [3.8, 4) is 0 Å². The number of nitrogens with one attached hydrogen (secondary N) is 2. The maximum Gasteiger partial charge on any atom is 0.320 e. The standard InChI is InChI=1S/C10H15N3O4S/c1-7-5-8(13-17-7)11-9(14)12-10(2)3-4-18(15,16)6-10/h5H,3-4,6H2,1-2H3,(H2,11,12,13,14)/t10-/m0/s1. The second-order valence-corrected chi connectivity index (χ2v) is 6.99. The fourth-order valence-corrected chi connectivity index (χ4v) is 4.05. The topological polar surface area (TPSA) is 101 Å². The van der Waals surface area contributed by atoms with E-state index < -0.39 is 21.4 Å². The summed E-state index contributed by atoms with van der Waals surface area (Å²) >= 11 is 0. The van der Waals surface area contributed by atoms with Gasteiger partial charge in [0, 0.05) is 6.07 Å². The Balaban J connectivity index is 1.96. The molecule has 0 bridgehead atoms. The third kappa shape index (κ3) is 3.00. The van der Waals surface area contributed by atoms with Crippen molar-refractivity contribution < 1.29 is 17.7 Å². The molecule has 7 nitrogen and oxygen atoms in total. The van der Waals surface area contributed by atoms with Gasteiger partial charge in [-0.3, -0.25) is 5.32 Å². The van der Waals surface area contributed by atoms with E-state index in [-0.39, 0.29) is 11.5 Å². The first-order valence-electron chi connectivity index (χ1n) is 5.51. The van der Waals surface area contributed by atoms with Gasteiger partial charge in [-0.1, -0.05) is 5.16 Å². The highest BCUT2D eigenvalue weighted by Gasteiger charge is 2.39. The largest absolute Gasteiger partial charge is 0.360 e. The fraction of sp³-hybridized carbons (Fsp3) is 0.600. The summed E-state index contributed by atoms with van der Waals surface area (Å²) in [4.78, 5) is 11.7. The molecule has 1 saturated heterocycles. The SMILES string of the molecule is Cc1cc(NC(=O)N[C@@]2(C)CCS(=O)(=O)C2)no1. The van der Waals surface area contributed by atoms with Gasteiger partial charge in [0.05, 0.1) is 17.0 Å². The second kappa shape index (κ2) is 4.27. The van der Waals surface area contributed by atoms with E-state index in [1.807, 2.05) is 0 Å². The van der Waals surface area contributed by atoms with Gasteiger partial charge in [0.1, 0.15) is 5.76 Å². The lowest BCUT2D eigenvalue weighted by molar-refractivity contribution is 0.242. The maximum absolute atomic E-state index is 11.7. The molecule has 2 N–H and O–H groups in total. The molecule has 1 aromatic rings. The van der Waals surface area contributed by atoms with Gasteiger partial charge >= 0.3 is 6.03 Å².